The average molecular weight is 293 g/mol. The van der Waals surface area contributed by atoms with Crippen LogP contribution in [-0.4, -0.2) is 68.1 Å². The minimum atomic E-state index is -3.45. The second kappa shape index (κ2) is 4.64. The van der Waals surface area contributed by atoms with Gasteiger partial charge in [-0.15, -0.1) is 0 Å². The van der Waals surface area contributed by atoms with E-state index in [0.717, 1.165) is 6.26 Å². The number of epoxide rings is 1. The van der Waals surface area contributed by atoms with Gasteiger partial charge in [0.1, 0.15) is 12.2 Å². The molecule has 3 rings (SSSR count). The highest BCUT2D eigenvalue weighted by atomic mass is 32.2. The Labute approximate surface area is 112 Å². The van der Waals surface area contributed by atoms with Crippen LogP contribution in [0.5, 0.6) is 0 Å². The second-order valence-corrected chi connectivity index (χ2v) is 6.92. The molecule has 4 unspecified atom stereocenters. The third kappa shape index (κ3) is 2.53. The molecule has 3 fully saturated rings. The van der Waals surface area contributed by atoms with Crippen LogP contribution in [0, 0.1) is 0 Å². The smallest absolute Gasteiger partial charge is 0.264 e. The molecule has 3 aliphatic heterocycles. The van der Waals surface area contributed by atoms with E-state index in [0.29, 0.717) is 19.4 Å². The third-order valence-electron chi connectivity index (χ3n) is 3.98. The molecule has 2 bridgehead atoms. The van der Waals surface area contributed by atoms with Gasteiger partial charge >= 0.3 is 0 Å². The number of aliphatic hydroxyl groups excluding tert-OH is 1. The molecular formula is C11H19NO6S. The predicted molar refractivity (Wildman–Crippen MR) is 64.7 cm³/mol. The van der Waals surface area contributed by atoms with Gasteiger partial charge in [0.05, 0.1) is 12.4 Å². The molecule has 3 heterocycles. The summed E-state index contributed by atoms with van der Waals surface area (Å²) in [6, 6.07) is -0.0610. The van der Waals surface area contributed by atoms with E-state index in [1.165, 1.54) is 0 Å². The highest BCUT2D eigenvalue weighted by Gasteiger charge is 2.65. The lowest BCUT2D eigenvalue weighted by Crippen LogP contribution is -2.55. The van der Waals surface area contributed by atoms with Crippen LogP contribution in [0.25, 0.3) is 0 Å². The fraction of sp³-hybridized carbons (Fsp3) is 1.00. The monoisotopic (exact) mass is 293 g/mol. The molecule has 0 radical (unpaired) electrons. The van der Waals surface area contributed by atoms with Gasteiger partial charge in [0.2, 0.25) is 6.41 Å². The molecule has 3 saturated heterocycles. The van der Waals surface area contributed by atoms with E-state index >= 15 is 0 Å². The Kier molecular flexibility index (Phi) is 3.35. The lowest BCUT2D eigenvalue weighted by atomic mass is 9.99. The van der Waals surface area contributed by atoms with Crippen molar-refractivity contribution in [2.75, 3.05) is 12.9 Å². The summed E-state index contributed by atoms with van der Waals surface area (Å²) in [5.41, 5.74) is 0. The summed E-state index contributed by atoms with van der Waals surface area (Å²) < 4.78 is 38.3. The number of nitrogens with zero attached hydrogens (tertiary/aromatic N) is 1. The Morgan fingerprint density at radius 1 is 1.37 bits per heavy atom. The van der Waals surface area contributed by atoms with Crippen molar-refractivity contribution in [3.63, 3.8) is 0 Å². The molecule has 0 aromatic carbocycles. The number of rotatable bonds is 5. The van der Waals surface area contributed by atoms with Crippen LogP contribution in [0.15, 0.2) is 0 Å². The third-order valence-corrected chi connectivity index (χ3v) is 4.60. The van der Waals surface area contributed by atoms with Crippen molar-refractivity contribution >= 4 is 10.1 Å². The Hall–Kier alpha value is -0.250. The van der Waals surface area contributed by atoms with Crippen molar-refractivity contribution in [3.8, 4) is 0 Å². The van der Waals surface area contributed by atoms with E-state index in [2.05, 4.69) is 0 Å². The fourth-order valence-corrected chi connectivity index (χ4v) is 4.03. The van der Waals surface area contributed by atoms with Crippen LogP contribution in [0.3, 0.4) is 0 Å². The van der Waals surface area contributed by atoms with Crippen molar-refractivity contribution in [1.29, 1.82) is 0 Å². The second-order valence-electron chi connectivity index (χ2n) is 5.32. The number of hydrogen-bond donors (Lipinski definition) is 1. The Balaban J connectivity index is 1.71. The van der Waals surface area contributed by atoms with Gasteiger partial charge in [0, 0.05) is 18.7 Å². The standard InChI is InChI=1S/C11H19NO6S/c1-3-16-11(13)12-7-4-6(18-19(2,14)15)5-8(12)10-9(7)17-10/h6-11,13H,3-5H2,1-2H3/t6?,7?,8?,9-,10+,11?. The minimum Gasteiger partial charge on any atom is -0.366 e. The molecule has 0 aliphatic carbocycles. The van der Waals surface area contributed by atoms with E-state index in [4.69, 9.17) is 13.7 Å². The summed E-state index contributed by atoms with van der Waals surface area (Å²) in [7, 11) is -3.45. The van der Waals surface area contributed by atoms with Crippen molar-refractivity contribution in [2.24, 2.45) is 0 Å². The zero-order valence-electron chi connectivity index (χ0n) is 10.9. The maximum Gasteiger partial charge on any atom is 0.264 e. The van der Waals surface area contributed by atoms with Gasteiger partial charge in [0.25, 0.3) is 10.1 Å². The van der Waals surface area contributed by atoms with Gasteiger partial charge in [-0.05, 0) is 19.8 Å². The first-order valence-corrected chi connectivity index (χ1v) is 8.33. The molecule has 0 aromatic rings. The fourth-order valence-electron chi connectivity index (χ4n) is 3.38. The van der Waals surface area contributed by atoms with Gasteiger partial charge in [0.15, 0.2) is 0 Å². The Morgan fingerprint density at radius 3 is 2.42 bits per heavy atom. The lowest BCUT2D eigenvalue weighted by molar-refractivity contribution is -0.229. The summed E-state index contributed by atoms with van der Waals surface area (Å²) in [5.74, 6) is 0. The summed E-state index contributed by atoms with van der Waals surface area (Å²) in [6.07, 6.45) is 1.01. The van der Waals surface area contributed by atoms with Crippen molar-refractivity contribution in [3.05, 3.63) is 0 Å². The Morgan fingerprint density at radius 2 is 1.95 bits per heavy atom. The molecule has 0 spiro atoms. The molecular weight excluding hydrogens is 274 g/mol. The van der Waals surface area contributed by atoms with Crippen molar-refractivity contribution in [2.45, 2.75) is 56.6 Å². The maximum absolute atomic E-state index is 11.2. The van der Waals surface area contributed by atoms with Crippen LogP contribution in [0.1, 0.15) is 19.8 Å². The normalized spacial score (nSPS) is 43.0. The lowest BCUT2D eigenvalue weighted by Gasteiger charge is -2.41. The summed E-state index contributed by atoms with van der Waals surface area (Å²) >= 11 is 0. The molecule has 0 saturated carbocycles. The SMILES string of the molecule is CCOC(O)N1C2CC(OS(C)(=O)=O)CC1[C@@H]1O[C@H]21. The van der Waals surface area contributed by atoms with Crippen molar-refractivity contribution in [1.82, 2.24) is 4.90 Å². The first-order valence-electron chi connectivity index (χ1n) is 6.51. The van der Waals surface area contributed by atoms with Gasteiger partial charge in [-0.1, -0.05) is 0 Å². The van der Waals surface area contributed by atoms with Gasteiger partial charge in [-0.25, -0.2) is 4.90 Å². The molecule has 8 heteroatoms. The zero-order valence-corrected chi connectivity index (χ0v) is 11.7. The minimum absolute atomic E-state index is 0.0305. The molecule has 3 aliphatic rings. The topological polar surface area (TPSA) is 88.6 Å². The first-order chi connectivity index (χ1) is 8.90. The summed E-state index contributed by atoms with van der Waals surface area (Å²) in [4.78, 5) is 1.89. The van der Waals surface area contributed by atoms with E-state index in [9.17, 15) is 13.5 Å². The molecule has 0 aromatic heterocycles. The quantitative estimate of drug-likeness (QED) is 0.405. The molecule has 7 nitrogen and oxygen atoms in total. The first kappa shape index (κ1) is 13.7. The number of piperidine rings is 1. The summed E-state index contributed by atoms with van der Waals surface area (Å²) in [5, 5.41) is 10.0. The highest BCUT2D eigenvalue weighted by molar-refractivity contribution is 7.86. The van der Waals surface area contributed by atoms with Crippen LogP contribution in [0.4, 0.5) is 0 Å². The molecule has 19 heavy (non-hydrogen) atoms. The van der Waals surface area contributed by atoms with Crippen LogP contribution in [-0.2, 0) is 23.8 Å². The largest absolute Gasteiger partial charge is 0.366 e. The van der Waals surface area contributed by atoms with Crippen LogP contribution < -0.4 is 0 Å². The molecule has 110 valence electrons. The number of ether oxygens (including phenoxy) is 2. The molecule has 1 N–H and O–H groups in total. The van der Waals surface area contributed by atoms with Gasteiger partial charge in [-0.2, -0.15) is 8.42 Å². The number of fused-ring (bicyclic) bond motifs is 5. The number of aliphatic hydroxyl groups is 1. The van der Waals surface area contributed by atoms with Crippen LogP contribution in [0.2, 0.25) is 0 Å². The number of morpholine rings is 1. The van der Waals surface area contributed by atoms with Gasteiger partial charge < -0.3 is 14.6 Å². The van der Waals surface area contributed by atoms with Gasteiger partial charge in [-0.3, -0.25) is 4.18 Å². The Bertz CT molecular complexity index is 436. The van der Waals surface area contributed by atoms with Crippen LogP contribution >= 0.6 is 0 Å². The summed E-state index contributed by atoms with van der Waals surface area (Å²) in [6.45, 7) is 2.25. The molecule has 6 atom stereocenters. The zero-order chi connectivity index (χ0) is 13.8. The van der Waals surface area contributed by atoms with E-state index in [-0.39, 0.29) is 30.4 Å². The predicted octanol–water partition coefficient (Wildman–Crippen LogP) is -0.742. The maximum atomic E-state index is 11.2. The average Bonchev–Trinajstić information content (AvgIpc) is 3.01. The van der Waals surface area contributed by atoms with E-state index in [1.54, 1.807) is 0 Å². The molecule has 0 amide bonds. The highest BCUT2D eigenvalue weighted by Crippen LogP contribution is 2.49. The van der Waals surface area contributed by atoms with Crippen molar-refractivity contribution < 1.29 is 27.2 Å². The number of hydrogen-bond acceptors (Lipinski definition) is 7. The van der Waals surface area contributed by atoms with E-state index < -0.39 is 16.5 Å². The van der Waals surface area contributed by atoms with E-state index in [1.807, 2.05) is 11.8 Å².